The Morgan fingerprint density at radius 1 is 1.19 bits per heavy atom. The summed E-state index contributed by atoms with van der Waals surface area (Å²) >= 11 is 10.4. The summed E-state index contributed by atoms with van der Waals surface area (Å²) in [5, 5.41) is 9.84. The van der Waals surface area contributed by atoms with Gasteiger partial charge in [0, 0.05) is 21.3 Å². The number of nitrogens with zero attached hydrogens (tertiary/aromatic N) is 3. The zero-order valence-electron chi connectivity index (χ0n) is 14.1. The van der Waals surface area contributed by atoms with Crippen LogP contribution >= 0.6 is 46.0 Å². The molecule has 0 spiro atoms. The maximum Gasteiger partial charge on any atom is 0.236 e. The number of benzene rings is 1. The van der Waals surface area contributed by atoms with Crippen molar-refractivity contribution >= 4 is 67.3 Å². The quantitative estimate of drug-likeness (QED) is 0.332. The standard InChI is InChI=1S/C18H13ClN4OS3/c1-10-6-27-18(22-10)23-14(24)8-26-17-15-13(7-25-16(15)20-9-21-17)11-2-4-12(19)5-3-11/h2-7,9H,8H2,1H3,(H,22,23,24). The Hall–Kier alpha value is -2.00. The lowest BCUT2D eigenvalue weighted by atomic mass is 10.1. The minimum atomic E-state index is -0.107. The molecule has 5 nitrogen and oxygen atoms in total. The molecule has 1 aromatic carbocycles. The Bertz CT molecular complexity index is 1110. The van der Waals surface area contributed by atoms with Gasteiger partial charge < -0.3 is 5.32 Å². The minimum absolute atomic E-state index is 0.107. The van der Waals surface area contributed by atoms with Gasteiger partial charge in [0.2, 0.25) is 5.91 Å². The van der Waals surface area contributed by atoms with E-state index in [1.165, 1.54) is 29.4 Å². The van der Waals surface area contributed by atoms with Gasteiger partial charge in [0.15, 0.2) is 5.13 Å². The van der Waals surface area contributed by atoms with Crippen molar-refractivity contribution in [2.75, 3.05) is 11.1 Å². The SMILES string of the molecule is Cc1csc(NC(=O)CSc2ncnc3scc(-c4ccc(Cl)cc4)c23)n1. The first-order chi connectivity index (χ1) is 13.1. The predicted molar refractivity (Wildman–Crippen MR) is 114 cm³/mol. The molecule has 9 heteroatoms. The van der Waals surface area contributed by atoms with Crippen LogP contribution in [0.1, 0.15) is 5.69 Å². The molecule has 0 bridgehead atoms. The van der Waals surface area contributed by atoms with Gasteiger partial charge in [0.25, 0.3) is 0 Å². The van der Waals surface area contributed by atoms with E-state index in [9.17, 15) is 4.79 Å². The van der Waals surface area contributed by atoms with Crippen LogP contribution in [-0.4, -0.2) is 26.6 Å². The first-order valence-electron chi connectivity index (χ1n) is 7.93. The van der Waals surface area contributed by atoms with Gasteiger partial charge in [-0.2, -0.15) is 0 Å². The normalized spacial score (nSPS) is 11.0. The van der Waals surface area contributed by atoms with E-state index in [1.54, 1.807) is 11.3 Å². The molecule has 0 saturated heterocycles. The summed E-state index contributed by atoms with van der Waals surface area (Å²) in [6, 6.07) is 7.67. The average molecular weight is 433 g/mol. The third-order valence-corrected chi connectivity index (χ3v) is 6.70. The molecule has 0 atom stereocenters. The van der Waals surface area contributed by atoms with Gasteiger partial charge >= 0.3 is 0 Å². The van der Waals surface area contributed by atoms with Gasteiger partial charge in [0.05, 0.1) is 16.8 Å². The second-order valence-electron chi connectivity index (χ2n) is 5.65. The highest BCUT2D eigenvalue weighted by atomic mass is 35.5. The second kappa shape index (κ2) is 7.93. The van der Waals surface area contributed by atoms with E-state index < -0.39 is 0 Å². The van der Waals surface area contributed by atoms with E-state index >= 15 is 0 Å². The van der Waals surface area contributed by atoms with Crippen molar-refractivity contribution in [3.63, 3.8) is 0 Å². The Kier molecular flexibility index (Phi) is 5.40. The average Bonchev–Trinajstić information content (AvgIpc) is 3.27. The first-order valence-corrected chi connectivity index (χ1v) is 11.1. The smallest absolute Gasteiger partial charge is 0.236 e. The van der Waals surface area contributed by atoms with Crippen molar-refractivity contribution in [1.82, 2.24) is 15.0 Å². The molecule has 0 aliphatic heterocycles. The van der Waals surface area contributed by atoms with Crippen molar-refractivity contribution in [2.45, 2.75) is 11.9 Å². The van der Waals surface area contributed by atoms with Gasteiger partial charge in [0.1, 0.15) is 16.2 Å². The number of fused-ring (bicyclic) bond motifs is 1. The number of carbonyl (C=O) groups is 1. The zero-order valence-corrected chi connectivity index (χ0v) is 17.3. The van der Waals surface area contributed by atoms with Gasteiger partial charge in [-0.1, -0.05) is 35.5 Å². The first kappa shape index (κ1) is 18.4. The monoisotopic (exact) mass is 432 g/mol. The number of amides is 1. The van der Waals surface area contributed by atoms with Crippen molar-refractivity contribution in [3.05, 3.63) is 52.1 Å². The van der Waals surface area contributed by atoms with Crippen LogP contribution in [0, 0.1) is 6.92 Å². The van der Waals surface area contributed by atoms with Crippen molar-refractivity contribution in [1.29, 1.82) is 0 Å². The van der Waals surface area contributed by atoms with Gasteiger partial charge in [-0.05, 0) is 24.6 Å². The third kappa shape index (κ3) is 4.14. The molecular weight excluding hydrogens is 420 g/mol. The molecule has 0 fully saturated rings. The van der Waals surface area contributed by atoms with Gasteiger partial charge in [-0.3, -0.25) is 4.79 Å². The van der Waals surface area contributed by atoms with Crippen LogP contribution in [0.4, 0.5) is 5.13 Å². The molecule has 3 aromatic heterocycles. The fourth-order valence-corrected chi connectivity index (χ4v) is 5.12. The Labute approximate surface area is 172 Å². The highest BCUT2D eigenvalue weighted by molar-refractivity contribution is 8.00. The second-order valence-corrected chi connectivity index (χ2v) is 8.76. The highest BCUT2D eigenvalue weighted by Crippen LogP contribution is 2.38. The van der Waals surface area contributed by atoms with E-state index in [0.717, 1.165) is 32.1 Å². The van der Waals surface area contributed by atoms with E-state index in [0.29, 0.717) is 10.2 Å². The number of hydrogen-bond donors (Lipinski definition) is 1. The Balaban J connectivity index is 1.57. The zero-order chi connectivity index (χ0) is 18.8. The maximum absolute atomic E-state index is 12.2. The molecule has 0 aliphatic carbocycles. The molecule has 0 aliphatic rings. The summed E-state index contributed by atoms with van der Waals surface area (Å²) < 4.78 is 0. The Morgan fingerprint density at radius 3 is 2.74 bits per heavy atom. The largest absolute Gasteiger partial charge is 0.301 e. The molecular formula is C18H13ClN4OS3. The summed E-state index contributed by atoms with van der Waals surface area (Å²) in [5.74, 6) is 0.144. The number of thiophene rings is 1. The highest BCUT2D eigenvalue weighted by Gasteiger charge is 2.15. The van der Waals surface area contributed by atoms with Gasteiger partial charge in [-0.15, -0.1) is 22.7 Å². The summed E-state index contributed by atoms with van der Waals surface area (Å²) in [4.78, 5) is 26.2. The van der Waals surface area contributed by atoms with Crippen molar-refractivity contribution in [2.24, 2.45) is 0 Å². The van der Waals surface area contributed by atoms with Gasteiger partial charge in [-0.25, -0.2) is 15.0 Å². The van der Waals surface area contributed by atoms with Crippen LogP contribution < -0.4 is 5.32 Å². The molecule has 1 N–H and O–H groups in total. The van der Waals surface area contributed by atoms with Crippen molar-refractivity contribution < 1.29 is 4.79 Å². The summed E-state index contributed by atoms with van der Waals surface area (Å²) in [5.41, 5.74) is 2.99. The number of rotatable bonds is 5. The number of thiazole rings is 1. The summed E-state index contributed by atoms with van der Waals surface area (Å²) in [7, 11) is 0. The van der Waals surface area contributed by atoms with Crippen LogP contribution in [0.3, 0.4) is 0 Å². The number of anilines is 1. The minimum Gasteiger partial charge on any atom is -0.301 e. The van der Waals surface area contributed by atoms with Crippen LogP contribution in [0.5, 0.6) is 0 Å². The third-order valence-electron chi connectivity index (χ3n) is 3.70. The molecule has 27 heavy (non-hydrogen) atoms. The van der Waals surface area contributed by atoms with E-state index in [-0.39, 0.29) is 11.7 Å². The lowest BCUT2D eigenvalue weighted by Crippen LogP contribution is -2.14. The molecule has 3 heterocycles. The number of thioether (sulfide) groups is 1. The van der Waals surface area contributed by atoms with E-state index in [2.05, 4.69) is 25.6 Å². The molecule has 0 saturated carbocycles. The molecule has 4 aromatic rings. The number of hydrogen-bond acceptors (Lipinski definition) is 7. The van der Waals surface area contributed by atoms with E-state index in [4.69, 9.17) is 11.6 Å². The predicted octanol–water partition coefficient (Wildman–Crippen LogP) is 5.51. The Morgan fingerprint density at radius 2 is 2.00 bits per heavy atom. The lowest BCUT2D eigenvalue weighted by molar-refractivity contribution is -0.113. The lowest BCUT2D eigenvalue weighted by Gasteiger charge is -2.05. The van der Waals surface area contributed by atoms with Crippen LogP contribution in [-0.2, 0) is 4.79 Å². The molecule has 0 unspecified atom stereocenters. The molecule has 4 rings (SSSR count). The fraction of sp³-hybridized carbons (Fsp3) is 0.111. The number of nitrogens with one attached hydrogen (secondary N) is 1. The number of aromatic nitrogens is 3. The summed E-state index contributed by atoms with van der Waals surface area (Å²) in [6.45, 7) is 1.90. The molecule has 1 amide bonds. The molecule has 0 radical (unpaired) electrons. The van der Waals surface area contributed by atoms with Crippen LogP contribution in [0.25, 0.3) is 21.3 Å². The number of carbonyl (C=O) groups excluding carboxylic acids is 1. The van der Waals surface area contributed by atoms with Crippen LogP contribution in [0.2, 0.25) is 5.02 Å². The summed E-state index contributed by atoms with van der Waals surface area (Å²) in [6.07, 6.45) is 1.54. The van der Waals surface area contributed by atoms with E-state index in [1.807, 2.05) is 36.6 Å². The molecule has 136 valence electrons. The van der Waals surface area contributed by atoms with Crippen molar-refractivity contribution in [3.8, 4) is 11.1 Å². The fourth-order valence-electron chi connectivity index (χ4n) is 2.50. The number of halogens is 1. The topological polar surface area (TPSA) is 67.8 Å². The van der Waals surface area contributed by atoms with Crippen LogP contribution in [0.15, 0.2) is 46.4 Å². The maximum atomic E-state index is 12.2. The number of aryl methyl sites for hydroxylation is 1.